The van der Waals surface area contributed by atoms with Crippen LogP contribution in [0.15, 0.2) is 28.7 Å². The van der Waals surface area contributed by atoms with Gasteiger partial charge < -0.3 is 10.8 Å². The highest BCUT2D eigenvalue weighted by Gasteiger charge is 2.44. The molecule has 0 aromatic heterocycles. The Bertz CT molecular complexity index is 465. The van der Waals surface area contributed by atoms with Gasteiger partial charge in [0.2, 0.25) is 0 Å². The number of nitrogens with zero attached hydrogens (tertiary/aromatic N) is 1. The molecule has 2 aliphatic rings. The molecule has 2 aliphatic heterocycles. The lowest BCUT2D eigenvalue weighted by atomic mass is 9.92. The van der Waals surface area contributed by atoms with Crippen molar-refractivity contribution in [3.8, 4) is 0 Å². The Morgan fingerprint density at radius 2 is 1.95 bits per heavy atom. The van der Waals surface area contributed by atoms with Crippen LogP contribution >= 0.6 is 15.9 Å². The maximum atomic E-state index is 9.98. The fourth-order valence-corrected chi connectivity index (χ4v) is 4.49. The average molecular weight is 339 g/mol. The predicted octanol–water partition coefficient (Wildman–Crippen LogP) is 2.83. The van der Waals surface area contributed by atoms with Crippen molar-refractivity contribution in [3.63, 3.8) is 0 Å². The van der Waals surface area contributed by atoms with E-state index in [4.69, 9.17) is 5.73 Å². The van der Waals surface area contributed by atoms with Gasteiger partial charge in [-0.3, -0.25) is 4.90 Å². The molecule has 3 rings (SSSR count). The molecule has 1 aromatic carbocycles. The molecule has 2 heterocycles. The van der Waals surface area contributed by atoms with Crippen LogP contribution in [-0.4, -0.2) is 34.2 Å². The van der Waals surface area contributed by atoms with Gasteiger partial charge >= 0.3 is 0 Å². The number of nitrogens with two attached hydrogens (primary N) is 1. The summed E-state index contributed by atoms with van der Waals surface area (Å²) < 4.78 is 1.10. The number of piperidine rings is 1. The molecule has 20 heavy (non-hydrogen) atoms. The molecule has 110 valence electrons. The number of hydrogen-bond donors (Lipinski definition) is 2. The minimum absolute atomic E-state index is 0.0858. The van der Waals surface area contributed by atoms with Crippen LogP contribution in [0, 0.1) is 0 Å². The van der Waals surface area contributed by atoms with Crippen molar-refractivity contribution in [2.45, 2.75) is 62.9 Å². The molecule has 0 saturated carbocycles. The fraction of sp³-hybridized carbons (Fsp3) is 0.625. The SMILES string of the molecule is CC(N)C(c1cccc(Br)c1)N1C2CCC1CC(O)C2. The normalized spacial score (nSPS) is 33.1. The van der Waals surface area contributed by atoms with E-state index in [1.807, 2.05) is 0 Å². The molecular weight excluding hydrogens is 316 g/mol. The summed E-state index contributed by atoms with van der Waals surface area (Å²) in [5.41, 5.74) is 7.60. The second kappa shape index (κ2) is 5.76. The van der Waals surface area contributed by atoms with E-state index >= 15 is 0 Å². The molecule has 1 aromatic rings. The Labute approximate surface area is 129 Å². The first-order valence-electron chi connectivity index (χ1n) is 7.53. The molecule has 2 fully saturated rings. The number of halogens is 1. The summed E-state index contributed by atoms with van der Waals surface area (Å²) >= 11 is 3.56. The summed E-state index contributed by atoms with van der Waals surface area (Å²) in [5.74, 6) is 0. The third kappa shape index (κ3) is 2.67. The number of hydrogen-bond acceptors (Lipinski definition) is 3. The lowest BCUT2D eigenvalue weighted by Crippen LogP contribution is -2.50. The van der Waals surface area contributed by atoms with E-state index in [1.165, 1.54) is 18.4 Å². The summed E-state index contributed by atoms with van der Waals surface area (Å²) in [7, 11) is 0. The number of aliphatic hydroxyl groups excluding tert-OH is 1. The van der Waals surface area contributed by atoms with Crippen molar-refractivity contribution in [2.75, 3.05) is 0 Å². The summed E-state index contributed by atoms with van der Waals surface area (Å²) in [6.07, 6.45) is 4.05. The number of fused-ring (bicyclic) bond motifs is 2. The number of rotatable bonds is 3. The zero-order chi connectivity index (χ0) is 14.3. The molecule has 4 heteroatoms. The molecular formula is C16H23BrN2O. The highest BCUT2D eigenvalue weighted by Crippen LogP contribution is 2.42. The van der Waals surface area contributed by atoms with E-state index in [9.17, 15) is 5.11 Å². The number of aliphatic hydroxyl groups is 1. The van der Waals surface area contributed by atoms with Crippen molar-refractivity contribution in [2.24, 2.45) is 5.73 Å². The van der Waals surface area contributed by atoms with Crippen molar-refractivity contribution in [1.29, 1.82) is 0 Å². The van der Waals surface area contributed by atoms with Gasteiger partial charge in [-0.25, -0.2) is 0 Å². The first-order chi connectivity index (χ1) is 9.56. The van der Waals surface area contributed by atoms with Crippen LogP contribution in [0.25, 0.3) is 0 Å². The van der Waals surface area contributed by atoms with Crippen LogP contribution in [0.4, 0.5) is 0 Å². The fourth-order valence-electron chi connectivity index (χ4n) is 4.08. The molecule has 4 atom stereocenters. The third-order valence-electron chi connectivity index (χ3n) is 4.77. The van der Waals surface area contributed by atoms with Gasteiger partial charge in [0.05, 0.1) is 12.1 Å². The molecule has 0 amide bonds. The van der Waals surface area contributed by atoms with E-state index in [-0.39, 0.29) is 18.2 Å². The van der Waals surface area contributed by atoms with Gasteiger partial charge in [0.15, 0.2) is 0 Å². The van der Waals surface area contributed by atoms with E-state index < -0.39 is 0 Å². The summed E-state index contributed by atoms with van der Waals surface area (Å²) in [5, 5.41) is 9.98. The van der Waals surface area contributed by atoms with Gasteiger partial charge in [-0.2, -0.15) is 0 Å². The van der Waals surface area contributed by atoms with Gasteiger partial charge in [0.25, 0.3) is 0 Å². The molecule has 3 N–H and O–H groups in total. The van der Waals surface area contributed by atoms with Gasteiger partial charge in [-0.15, -0.1) is 0 Å². The third-order valence-corrected chi connectivity index (χ3v) is 5.27. The predicted molar refractivity (Wildman–Crippen MR) is 84.4 cm³/mol. The minimum atomic E-state index is -0.125. The zero-order valence-electron chi connectivity index (χ0n) is 11.9. The van der Waals surface area contributed by atoms with Crippen LogP contribution in [-0.2, 0) is 0 Å². The van der Waals surface area contributed by atoms with Crippen molar-refractivity contribution < 1.29 is 5.11 Å². The van der Waals surface area contributed by atoms with Crippen molar-refractivity contribution in [3.05, 3.63) is 34.3 Å². The highest BCUT2D eigenvalue weighted by atomic mass is 79.9. The second-order valence-corrected chi connectivity index (χ2v) is 7.23. The lowest BCUT2D eigenvalue weighted by molar-refractivity contribution is 0.00410. The quantitative estimate of drug-likeness (QED) is 0.890. The molecule has 0 aliphatic carbocycles. The molecule has 4 unspecified atom stereocenters. The Morgan fingerprint density at radius 1 is 1.30 bits per heavy atom. The standard InChI is InChI=1S/C16H23BrN2O/c1-10(18)16(11-3-2-4-12(17)7-11)19-13-5-6-14(19)9-15(20)8-13/h2-4,7,10,13-16,20H,5-6,8-9,18H2,1H3. The average Bonchev–Trinajstić information content (AvgIpc) is 2.63. The minimum Gasteiger partial charge on any atom is -0.393 e. The van der Waals surface area contributed by atoms with E-state index in [0.717, 1.165) is 17.3 Å². The monoisotopic (exact) mass is 338 g/mol. The van der Waals surface area contributed by atoms with Gasteiger partial charge in [-0.05, 0) is 50.3 Å². The van der Waals surface area contributed by atoms with Gasteiger partial charge in [0.1, 0.15) is 0 Å². The van der Waals surface area contributed by atoms with E-state index in [0.29, 0.717) is 12.1 Å². The maximum absolute atomic E-state index is 9.98. The molecule has 0 radical (unpaired) electrons. The van der Waals surface area contributed by atoms with Crippen LogP contribution in [0.3, 0.4) is 0 Å². The van der Waals surface area contributed by atoms with E-state index in [1.54, 1.807) is 0 Å². The van der Waals surface area contributed by atoms with Crippen LogP contribution in [0.2, 0.25) is 0 Å². The first-order valence-corrected chi connectivity index (χ1v) is 8.32. The smallest absolute Gasteiger partial charge is 0.0570 e. The lowest BCUT2D eigenvalue weighted by Gasteiger charge is -2.44. The Morgan fingerprint density at radius 3 is 2.50 bits per heavy atom. The summed E-state index contributed by atoms with van der Waals surface area (Å²) in [4.78, 5) is 2.58. The largest absolute Gasteiger partial charge is 0.393 e. The molecule has 2 bridgehead atoms. The summed E-state index contributed by atoms with van der Waals surface area (Å²) in [6.45, 7) is 2.09. The molecule has 0 spiro atoms. The van der Waals surface area contributed by atoms with Crippen LogP contribution in [0.1, 0.15) is 44.2 Å². The topological polar surface area (TPSA) is 49.5 Å². The van der Waals surface area contributed by atoms with Gasteiger partial charge in [-0.1, -0.05) is 28.1 Å². The Kier molecular flexibility index (Phi) is 4.18. The van der Waals surface area contributed by atoms with Crippen molar-refractivity contribution >= 4 is 15.9 Å². The highest BCUT2D eigenvalue weighted by molar-refractivity contribution is 9.10. The van der Waals surface area contributed by atoms with Crippen molar-refractivity contribution in [1.82, 2.24) is 4.90 Å². The second-order valence-electron chi connectivity index (χ2n) is 6.32. The molecule has 2 saturated heterocycles. The van der Waals surface area contributed by atoms with Gasteiger partial charge in [0, 0.05) is 22.6 Å². The Hall–Kier alpha value is -0.420. The Balaban J connectivity index is 1.92. The first kappa shape index (κ1) is 14.5. The number of benzene rings is 1. The van der Waals surface area contributed by atoms with Crippen LogP contribution in [0.5, 0.6) is 0 Å². The molecule has 3 nitrogen and oxygen atoms in total. The van der Waals surface area contributed by atoms with Crippen LogP contribution < -0.4 is 5.73 Å². The maximum Gasteiger partial charge on any atom is 0.0570 e. The zero-order valence-corrected chi connectivity index (χ0v) is 13.5. The summed E-state index contributed by atoms with van der Waals surface area (Å²) in [6, 6.07) is 9.78. The van der Waals surface area contributed by atoms with E-state index in [2.05, 4.69) is 52.0 Å².